The van der Waals surface area contributed by atoms with Crippen LogP contribution >= 0.6 is 11.6 Å². The standard InChI is InChI=1S/C58H70ClF2N9O7/c1-4-41-45(60)9-7-38-28-40(77-36-75-3)30-42(48(38)41)50-49(61)51-43(31-62-50)52(69-20-5-13-56(2,74)33-69)65-54(64-51)76-35-58(16-17-58)34-67-26-24-66(25-27-67)32-37-10-14-57(15-11-37)18-22-68(23-19-57)53(72)39-6-8-44(59)46(29-39)70-21-12-47(71)63-55(70)73/h6-9,28-31,37,74H,4-5,10-27,32-36H2,1-3H3,(H,63,71,73)/t56-/m1/s1. The number of imide groups is 1. The minimum atomic E-state index is -0.967. The van der Waals surface area contributed by atoms with E-state index in [1.54, 1.807) is 49.5 Å². The Morgan fingerprint density at radius 3 is 2.38 bits per heavy atom. The molecule has 4 amide bonds. The highest BCUT2D eigenvalue weighted by Crippen LogP contribution is 2.49. The first-order valence-corrected chi connectivity index (χ1v) is 28.0. The lowest BCUT2D eigenvalue weighted by atomic mass is 9.65. The molecule has 0 bridgehead atoms. The molecule has 3 aromatic carbocycles. The number of nitrogens with zero attached hydrogens (tertiary/aromatic N) is 8. The van der Waals surface area contributed by atoms with E-state index in [1.165, 1.54) is 43.8 Å². The van der Waals surface area contributed by atoms with Gasteiger partial charge in [-0.05, 0) is 142 Å². The topological polar surface area (TPSA) is 166 Å². The Morgan fingerprint density at radius 1 is 0.896 bits per heavy atom. The zero-order valence-electron chi connectivity index (χ0n) is 44.5. The van der Waals surface area contributed by atoms with Crippen LogP contribution in [0.5, 0.6) is 11.8 Å². The number of methoxy groups -OCH3 is 1. The van der Waals surface area contributed by atoms with Gasteiger partial charge in [0.2, 0.25) is 5.91 Å². The van der Waals surface area contributed by atoms with E-state index in [4.69, 9.17) is 40.8 Å². The van der Waals surface area contributed by atoms with Crippen molar-refractivity contribution in [2.75, 3.05) is 102 Å². The van der Waals surface area contributed by atoms with Crippen molar-refractivity contribution < 1.29 is 42.5 Å². The van der Waals surface area contributed by atoms with Crippen molar-refractivity contribution in [3.05, 3.63) is 76.4 Å². The molecule has 1 atom stereocenters. The number of β-amino-alcohol motifs (C(OH)–C–C–N with tert-alkyl or cyclic N) is 1. The van der Waals surface area contributed by atoms with Crippen molar-refractivity contribution >= 4 is 62.6 Å². The van der Waals surface area contributed by atoms with Gasteiger partial charge in [0.15, 0.2) is 12.6 Å². The van der Waals surface area contributed by atoms with Crippen LogP contribution in [0.1, 0.15) is 100 Å². The molecule has 4 aliphatic heterocycles. The predicted molar refractivity (Wildman–Crippen MR) is 291 cm³/mol. The number of carbonyl (C=O) groups is 3. The number of piperazine rings is 1. The van der Waals surface area contributed by atoms with E-state index >= 15 is 8.78 Å². The molecule has 19 heteroatoms. The van der Waals surface area contributed by atoms with Crippen molar-refractivity contribution in [1.29, 1.82) is 0 Å². The molecule has 0 unspecified atom stereocenters. The summed E-state index contributed by atoms with van der Waals surface area (Å²) in [7, 11) is 1.52. The number of pyridine rings is 1. The molecule has 2 aromatic heterocycles. The second-order valence-corrected chi connectivity index (χ2v) is 23.5. The highest BCUT2D eigenvalue weighted by Gasteiger charge is 2.46. The molecule has 2 aliphatic carbocycles. The lowest BCUT2D eigenvalue weighted by Gasteiger charge is -2.47. The number of carbonyl (C=O) groups excluding carboxylic acids is 3. The Balaban J connectivity index is 0.707. The number of amides is 4. The quantitative estimate of drug-likeness (QED) is 0.0956. The smallest absolute Gasteiger partial charge is 0.328 e. The Hall–Kier alpha value is -5.79. The number of urea groups is 1. The van der Waals surface area contributed by atoms with E-state index < -0.39 is 17.4 Å². The summed E-state index contributed by atoms with van der Waals surface area (Å²) >= 11 is 6.47. The molecular formula is C58H70ClF2N9O7. The molecular weight excluding hydrogens is 1010 g/mol. The molecule has 16 nitrogen and oxygen atoms in total. The number of hydrogen-bond donors (Lipinski definition) is 2. The van der Waals surface area contributed by atoms with Gasteiger partial charge in [-0.2, -0.15) is 9.97 Å². The summed E-state index contributed by atoms with van der Waals surface area (Å²) in [5.74, 6) is 0.0783. The van der Waals surface area contributed by atoms with Crippen molar-refractivity contribution in [2.45, 2.75) is 96.5 Å². The maximum atomic E-state index is 17.4. The minimum absolute atomic E-state index is 0.00354. The van der Waals surface area contributed by atoms with Gasteiger partial charge in [0, 0.05) is 108 Å². The first-order valence-electron chi connectivity index (χ1n) is 27.6. The Morgan fingerprint density at radius 2 is 1.66 bits per heavy atom. The third kappa shape index (κ3) is 11.3. The lowest BCUT2D eigenvalue weighted by Crippen LogP contribution is -2.50. The van der Waals surface area contributed by atoms with Crippen LogP contribution in [0.4, 0.5) is 25.1 Å². The van der Waals surface area contributed by atoms with Crippen LogP contribution in [-0.4, -0.2) is 151 Å². The number of hydrogen-bond acceptors (Lipinski definition) is 13. The number of rotatable bonds is 15. The maximum Gasteiger partial charge on any atom is 0.328 e. The predicted octanol–water partition coefficient (Wildman–Crippen LogP) is 9.01. The van der Waals surface area contributed by atoms with Crippen LogP contribution < -0.4 is 24.6 Å². The van der Waals surface area contributed by atoms with E-state index in [0.717, 1.165) is 71.4 Å². The first-order chi connectivity index (χ1) is 37.1. The van der Waals surface area contributed by atoms with Crippen molar-refractivity contribution in [3.63, 3.8) is 0 Å². The van der Waals surface area contributed by atoms with Gasteiger partial charge in [0.25, 0.3) is 5.91 Å². The van der Waals surface area contributed by atoms with Crippen molar-refractivity contribution in [1.82, 2.24) is 35.0 Å². The summed E-state index contributed by atoms with van der Waals surface area (Å²) in [5, 5.41) is 15.5. The molecule has 4 saturated heterocycles. The average molecular weight is 1080 g/mol. The first kappa shape index (κ1) is 53.2. The van der Waals surface area contributed by atoms with Crippen LogP contribution in [0.3, 0.4) is 0 Å². The van der Waals surface area contributed by atoms with Crippen LogP contribution in [0, 0.1) is 28.4 Å². The molecule has 2 saturated carbocycles. The van der Waals surface area contributed by atoms with Crippen LogP contribution in [0.25, 0.3) is 32.9 Å². The van der Waals surface area contributed by atoms with E-state index in [0.29, 0.717) is 107 Å². The molecule has 6 aliphatic rings. The number of piperidine rings is 2. The molecule has 5 aromatic rings. The van der Waals surface area contributed by atoms with Gasteiger partial charge in [0.05, 0.1) is 28.3 Å². The fourth-order valence-corrected chi connectivity index (χ4v) is 13.1. The fourth-order valence-electron chi connectivity index (χ4n) is 12.8. The number of aliphatic hydroxyl groups is 1. The third-order valence-electron chi connectivity index (χ3n) is 17.5. The van der Waals surface area contributed by atoms with E-state index in [2.05, 4.69) is 15.1 Å². The SMILES string of the molecule is CCc1c(F)ccc2cc(OCOC)cc(-c3ncc4c(N5CCC[C@@](C)(O)C5)nc(OCC5(CN6CCN(CC7CCC8(CC7)CCN(C(=O)c7ccc(Cl)c(N9CCC(=O)NC9=O)c7)CC8)CC6)CC5)nc4c3F)c12. The summed E-state index contributed by atoms with van der Waals surface area (Å²) in [4.78, 5) is 62.9. The van der Waals surface area contributed by atoms with Gasteiger partial charge < -0.3 is 38.9 Å². The van der Waals surface area contributed by atoms with Gasteiger partial charge in [-0.25, -0.2) is 13.6 Å². The second-order valence-electron chi connectivity index (χ2n) is 23.1. The Bertz CT molecular complexity index is 3060. The summed E-state index contributed by atoms with van der Waals surface area (Å²) in [6, 6.07) is 11.1. The third-order valence-corrected chi connectivity index (χ3v) is 17.9. The molecule has 11 rings (SSSR count). The molecule has 0 radical (unpaired) electrons. The fraction of sp³-hybridized carbons (Fsp3) is 0.552. The largest absolute Gasteiger partial charge is 0.468 e. The van der Waals surface area contributed by atoms with Gasteiger partial charge in [-0.15, -0.1) is 0 Å². The number of benzene rings is 3. The van der Waals surface area contributed by atoms with Gasteiger partial charge >= 0.3 is 12.0 Å². The van der Waals surface area contributed by atoms with Crippen molar-refractivity contribution in [2.24, 2.45) is 16.7 Å². The summed E-state index contributed by atoms with van der Waals surface area (Å²) in [6.07, 6.45) is 12.2. The molecule has 77 heavy (non-hydrogen) atoms. The van der Waals surface area contributed by atoms with Crippen LogP contribution in [-0.2, 0) is 16.0 Å². The zero-order valence-corrected chi connectivity index (χ0v) is 45.2. The number of anilines is 2. The monoisotopic (exact) mass is 1080 g/mol. The molecule has 6 fully saturated rings. The second kappa shape index (κ2) is 21.8. The highest BCUT2D eigenvalue weighted by molar-refractivity contribution is 6.34. The van der Waals surface area contributed by atoms with E-state index in [9.17, 15) is 19.5 Å². The normalized spacial score (nSPS) is 22.2. The molecule has 1 spiro atoms. The van der Waals surface area contributed by atoms with Crippen LogP contribution in [0.2, 0.25) is 5.02 Å². The van der Waals surface area contributed by atoms with Crippen molar-refractivity contribution in [3.8, 4) is 23.0 Å². The zero-order chi connectivity index (χ0) is 53.6. The highest BCUT2D eigenvalue weighted by atomic mass is 35.5. The van der Waals surface area contributed by atoms with Gasteiger partial charge in [-0.1, -0.05) is 24.6 Å². The number of fused-ring (bicyclic) bond motifs is 2. The van der Waals surface area contributed by atoms with E-state index in [-0.39, 0.29) is 65.4 Å². The number of ether oxygens (including phenoxy) is 3. The van der Waals surface area contributed by atoms with Gasteiger partial charge in [-0.3, -0.25) is 24.8 Å². The van der Waals surface area contributed by atoms with E-state index in [1.807, 2.05) is 16.7 Å². The van der Waals surface area contributed by atoms with Crippen LogP contribution in [0.15, 0.2) is 48.7 Å². The average Bonchev–Trinajstić information content (AvgIpc) is 4.24. The maximum absolute atomic E-state index is 17.4. The minimum Gasteiger partial charge on any atom is -0.468 e. The van der Waals surface area contributed by atoms with Gasteiger partial charge in [0.1, 0.15) is 28.6 Å². The molecule has 6 heterocycles. The number of nitrogens with one attached hydrogen (secondary N) is 1. The number of likely N-dealkylation sites (tertiary alicyclic amines) is 1. The summed E-state index contributed by atoms with van der Waals surface area (Å²) < 4.78 is 50.4. The number of aryl methyl sites for hydroxylation is 1. The number of aromatic nitrogens is 3. The molecule has 2 N–H and O–H groups in total. The molecule has 410 valence electrons. The summed E-state index contributed by atoms with van der Waals surface area (Å²) in [5.41, 5.74) is 1.02. The Labute approximate surface area is 453 Å². The number of halogens is 3. The Kier molecular flexibility index (Phi) is 15.1. The lowest BCUT2D eigenvalue weighted by molar-refractivity contribution is -0.120. The summed E-state index contributed by atoms with van der Waals surface area (Å²) in [6.45, 7) is 12.5.